The van der Waals surface area contributed by atoms with Crippen molar-refractivity contribution in [3.8, 4) is 0 Å². The van der Waals surface area contributed by atoms with Crippen LogP contribution in [0.25, 0.3) is 0 Å². The Balaban J connectivity index is 2.61. The van der Waals surface area contributed by atoms with Crippen LogP contribution in [0.15, 0.2) is 29.3 Å². The monoisotopic (exact) mass is 329 g/mol. The van der Waals surface area contributed by atoms with E-state index < -0.39 is 9.84 Å². The summed E-state index contributed by atoms with van der Waals surface area (Å²) in [5.74, 6) is 0.588. The van der Waals surface area contributed by atoms with E-state index in [0.29, 0.717) is 25.5 Å². The van der Waals surface area contributed by atoms with Crippen LogP contribution in [0.1, 0.15) is 18.9 Å². The Labute approximate surface area is 132 Å². The minimum atomic E-state index is -2.95. The molecule has 0 aliphatic heterocycles. The summed E-state index contributed by atoms with van der Waals surface area (Å²) in [4.78, 5) is 6.35. The molecular weight excluding hydrogens is 305 g/mol. The summed E-state index contributed by atoms with van der Waals surface area (Å²) in [5, 5.41) is 3.16. The van der Waals surface area contributed by atoms with Gasteiger partial charge < -0.3 is 10.2 Å². The van der Waals surface area contributed by atoms with E-state index in [1.165, 1.54) is 18.4 Å². The van der Waals surface area contributed by atoms with Crippen LogP contribution in [-0.2, 0) is 16.4 Å². The van der Waals surface area contributed by atoms with E-state index in [1.54, 1.807) is 12.1 Å². The first-order valence-electron chi connectivity index (χ1n) is 7.23. The van der Waals surface area contributed by atoms with Crippen molar-refractivity contribution in [3.05, 3.63) is 35.6 Å². The van der Waals surface area contributed by atoms with Gasteiger partial charge in [0.1, 0.15) is 15.7 Å². The van der Waals surface area contributed by atoms with Gasteiger partial charge in [-0.3, -0.25) is 4.99 Å². The number of guanidine groups is 1. The number of nitrogens with zero attached hydrogens (tertiary/aromatic N) is 2. The standard InChI is InChI=1S/C15H24FN3O2S/c1-4-17-15(18-10-5-11-22(3,20)21)19(2)12-13-6-8-14(16)9-7-13/h6-9H,4-5,10-12H2,1-3H3,(H,17,18). The molecule has 0 saturated heterocycles. The predicted molar refractivity (Wildman–Crippen MR) is 88.2 cm³/mol. The van der Waals surface area contributed by atoms with E-state index in [4.69, 9.17) is 0 Å². The minimum Gasteiger partial charge on any atom is -0.357 e. The molecule has 0 atom stereocenters. The third-order valence-corrected chi connectivity index (χ3v) is 3.99. The van der Waals surface area contributed by atoms with Crippen molar-refractivity contribution in [1.82, 2.24) is 10.2 Å². The quantitative estimate of drug-likeness (QED) is 0.469. The van der Waals surface area contributed by atoms with E-state index in [2.05, 4.69) is 10.3 Å². The second kappa shape index (κ2) is 8.73. The van der Waals surface area contributed by atoms with Crippen LogP contribution >= 0.6 is 0 Å². The Kier molecular flexibility index (Phi) is 7.31. The highest BCUT2D eigenvalue weighted by Crippen LogP contribution is 2.06. The molecule has 0 radical (unpaired) electrons. The predicted octanol–water partition coefficient (Wildman–Crippen LogP) is 1.66. The molecule has 5 nitrogen and oxygen atoms in total. The van der Waals surface area contributed by atoms with Gasteiger partial charge in [0.25, 0.3) is 0 Å². The van der Waals surface area contributed by atoms with Crippen LogP contribution in [0.4, 0.5) is 4.39 Å². The molecule has 124 valence electrons. The molecule has 0 fully saturated rings. The maximum atomic E-state index is 12.9. The summed E-state index contributed by atoms with van der Waals surface area (Å²) in [5.41, 5.74) is 0.977. The number of hydrogen-bond acceptors (Lipinski definition) is 3. The fourth-order valence-corrected chi connectivity index (χ4v) is 2.57. The lowest BCUT2D eigenvalue weighted by Crippen LogP contribution is -2.38. The van der Waals surface area contributed by atoms with Gasteiger partial charge in [-0.15, -0.1) is 0 Å². The molecule has 1 N–H and O–H groups in total. The van der Waals surface area contributed by atoms with Gasteiger partial charge >= 0.3 is 0 Å². The lowest BCUT2D eigenvalue weighted by Gasteiger charge is -2.22. The fourth-order valence-electron chi connectivity index (χ4n) is 1.92. The van der Waals surface area contributed by atoms with Gasteiger partial charge in [-0.05, 0) is 31.0 Å². The lowest BCUT2D eigenvalue weighted by atomic mass is 10.2. The zero-order valence-corrected chi connectivity index (χ0v) is 14.2. The molecule has 22 heavy (non-hydrogen) atoms. The SMILES string of the molecule is CCNC(=NCCCS(C)(=O)=O)N(C)Cc1ccc(F)cc1. The molecule has 0 bridgehead atoms. The molecule has 7 heteroatoms. The highest BCUT2D eigenvalue weighted by molar-refractivity contribution is 7.90. The highest BCUT2D eigenvalue weighted by atomic mass is 32.2. The Bertz CT molecular complexity index is 585. The molecule has 0 saturated carbocycles. The zero-order chi connectivity index (χ0) is 16.6. The van der Waals surface area contributed by atoms with Gasteiger partial charge in [-0.2, -0.15) is 0 Å². The van der Waals surface area contributed by atoms with Crippen molar-refractivity contribution in [1.29, 1.82) is 0 Å². The minimum absolute atomic E-state index is 0.136. The number of aliphatic imine (C=N–C) groups is 1. The van der Waals surface area contributed by atoms with Gasteiger partial charge in [0.15, 0.2) is 5.96 Å². The van der Waals surface area contributed by atoms with Crippen LogP contribution in [0, 0.1) is 5.82 Å². The van der Waals surface area contributed by atoms with Crippen molar-refractivity contribution in [2.24, 2.45) is 4.99 Å². The van der Waals surface area contributed by atoms with Crippen molar-refractivity contribution < 1.29 is 12.8 Å². The molecule has 1 aromatic rings. The molecule has 0 aliphatic rings. The summed E-state index contributed by atoms with van der Waals surface area (Å²) in [7, 11) is -1.06. The number of nitrogens with one attached hydrogen (secondary N) is 1. The number of hydrogen-bond donors (Lipinski definition) is 1. The van der Waals surface area contributed by atoms with Crippen LogP contribution in [0.5, 0.6) is 0 Å². The average Bonchev–Trinajstić information content (AvgIpc) is 2.43. The van der Waals surface area contributed by atoms with E-state index in [0.717, 1.165) is 12.1 Å². The maximum absolute atomic E-state index is 12.9. The van der Waals surface area contributed by atoms with Crippen LogP contribution in [0.3, 0.4) is 0 Å². The van der Waals surface area contributed by atoms with Crippen molar-refractivity contribution >= 4 is 15.8 Å². The Hall–Kier alpha value is -1.63. The summed E-state index contributed by atoms with van der Waals surface area (Å²) in [6.07, 6.45) is 1.72. The average molecular weight is 329 g/mol. The normalized spacial score (nSPS) is 12.3. The molecule has 0 heterocycles. The summed E-state index contributed by atoms with van der Waals surface area (Å²) in [6, 6.07) is 6.33. The van der Waals surface area contributed by atoms with Gasteiger partial charge in [0.2, 0.25) is 0 Å². The first-order valence-corrected chi connectivity index (χ1v) is 9.29. The second-order valence-corrected chi connectivity index (χ2v) is 7.46. The lowest BCUT2D eigenvalue weighted by molar-refractivity contribution is 0.476. The number of rotatable bonds is 7. The largest absolute Gasteiger partial charge is 0.357 e. The van der Waals surface area contributed by atoms with Gasteiger partial charge in [0.05, 0.1) is 5.75 Å². The maximum Gasteiger partial charge on any atom is 0.193 e. The zero-order valence-electron chi connectivity index (χ0n) is 13.3. The molecule has 1 aromatic carbocycles. The number of sulfone groups is 1. The van der Waals surface area contributed by atoms with Gasteiger partial charge in [-0.1, -0.05) is 12.1 Å². The van der Waals surface area contributed by atoms with Crippen LogP contribution in [0.2, 0.25) is 0 Å². The van der Waals surface area contributed by atoms with E-state index >= 15 is 0 Å². The summed E-state index contributed by atoms with van der Waals surface area (Å²) < 4.78 is 35.1. The van der Waals surface area contributed by atoms with Crippen molar-refractivity contribution in [2.75, 3.05) is 32.1 Å². The van der Waals surface area contributed by atoms with Crippen LogP contribution in [-0.4, -0.2) is 51.4 Å². The number of halogens is 1. The fraction of sp³-hybridized carbons (Fsp3) is 0.533. The second-order valence-electron chi connectivity index (χ2n) is 5.20. The molecule has 1 rings (SSSR count). The topological polar surface area (TPSA) is 61.8 Å². The van der Waals surface area contributed by atoms with Gasteiger partial charge in [0, 0.05) is 32.9 Å². The highest BCUT2D eigenvalue weighted by Gasteiger charge is 2.07. The Morgan fingerprint density at radius 3 is 2.50 bits per heavy atom. The molecule has 0 aromatic heterocycles. The molecule has 0 amide bonds. The Morgan fingerprint density at radius 2 is 1.95 bits per heavy atom. The first kappa shape index (κ1) is 18.4. The smallest absolute Gasteiger partial charge is 0.193 e. The summed E-state index contributed by atoms with van der Waals surface area (Å²) >= 11 is 0. The van der Waals surface area contributed by atoms with Crippen molar-refractivity contribution in [2.45, 2.75) is 19.9 Å². The van der Waals surface area contributed by atoms with E-state index in [1.807, 2.05) is 18.9 Å². The van der Waals surface area contributed by atoms with E-state index in [9.17, 15) is 12.8 Å². The molecule has 0 unspecified atom stereocenters. The van der Waals surface area contributed by atoms with Gasteiger partial charge in [-0.25, -0.2) is 12.8 Å². The summed E-state index contributed by atoms with van der Waals surface area (Å²) in [6.45, 7) is 3.73. The Morgan fingerprint density at radius 1 is 1.32 bits per heavy atom. The van der Waals surface area contributed by atoms with E-state index in [-0.39, 0.29) is 11.6 Å². The molecule has 0 spiro atoms. The van der Waals surface area contributed by atoms with Crippen LogP contribution < -0.4 is 5.32 Å². The third-order valence-electron chi connectivity index (χ3n) is 2.96. The first-order chi connectivity index (χ1) is 10.3. The third kappa shape index (κ3) is 7.40. The van der Waals surface area contributed by atoms with Crippen molar-refractivity contribution in [3.63, 3.8) is 0 Å². The molecular formula is C15H24FN3O2S. The molecule has 0 aliphatic carbocycles. The number of benzene rings is 1.